The molecule has 1 atom stereocenters. The highest BCUT2D eigenvalue weighted by Gasteiger charge is 2.33. The van der Waals surface area contributed by atoms with Gasteiger partial charge >= 0.3 is 6.18 Å². The standard InChI is InChI=1S/C15H23F3N4S.HI/c1-10(2)6-11-4-5-22(8-11)14(19-3)20-7-13-21-12(9-23-13)15(16,17)18;/h9-11H,4-8H2,1-3H3,(H,19,20);1H. The van der Waals surface area contributed by atoms with E-state index < -0.39 is 11.9 Å². The molecular weight excluding hydrogens is 452 g/mol. The van der Waals surface area contributed by atoms with Crippen molar-refractivity contribution in [3.63, 3.8) is 0 Å². The maximum Gasteiger partial charge on any atom is 0.434 e. The highest BCUT2D eigenvalue weighted by atomic mass is 127. The zero-order valence-corrected chi connectivity index (χ0v) is 17.2. The summed E-state index contributed by atoms with van der Waals surface area (Å²) in [6.45, 7) is 6.58. The minimum Gasteiger partial charge on any atom is -0.350 e. The lowest BCUT2D eigenvalue weighted by atomic mass is 9.97. The van der Waals surface area contributed by atoms with E-state index in [9.17, 15) is 13.2 Å². The number of rotatable bonds is 4. The van der Waals surface area contributed by atoms with Crippen LogP contribution in [0.2, 0.25) is 0 Å². The van der Waals surface area contributed by atoms with E-state index in [-0.39, 0.29) is 30.5 Å². The lowest BCUT2D eigenvalue weighted by Gasteiger charge is -2.21. The second-order valence-corrected chi connectivity index (χ2v) is 7.20. The van der Waals surface area contributed by atoms with E-state index in [2.05, 4.69) is 34.0 Å². The van der Waals surface area contributed by atoms with Gasteiger partial charge in [-0.05, 0) is 24.7 Å². The largest absolute Gasteiger partial charge is 0.434 e. The second-order valence-electron chi connectivity index (χ2n) is 6.26. The molecule has 0 aliphatic carbocycles. The van der Waals surface area contributed by atoms with Crippen LogP contribution in [0.5, 0.6) is 0 Å². The van der Waals surface area contributed by atoms with Gasteiger partial charge in [0.05, 0.1) is 6.54 Å². The van der Waals surface area contributed by atoms with Crippen LogP contribution >= 0.6 is 35.3 Å². The zero-order chi connectivity index (χ0) is 17.0. The van der Waals surface area contributed by atoms with Gasteiger partial charge in [0.2, 0.25) is 0 Å². The Hall–Kier alpha value is -0.580. The van der Waals surface area contributed by atoms with Crippen molar-refractivity contribution >= 4 is 41.3 Å². The molecule has 2 rings (SSSR count). The van der Waals surface area contributed by atoms with Gasteiger partial charge in [0.1, 0.15) is 5.01 Å². The Kier molecular flexibility index (Phi) is 8.24. The molecule has 0 spiro atoms. The van der Waals surface area contributed by atoms with Crippen molar-refractivity contribution in [1.82, 2.24) is 15.2 Å². The van der Waals surface area contributed by atoms with Gasteiger partial charge in [0.15, 0.2) is 11.7 Å². The van der Waals surface area contributed by atoms with E-state index in [4.69, 9.17) is 0 Å². The van der Waals surface area contributed by atoms with Crippen LogP contribution in [0.4, 0.5) is 13.2 Å². The van der Waals surface area contributed by atoms with Crippen molar-refractivity contribution in [2.75, 3.05) is 20.1 Å². The number of aliphatic imine (C=N–C) groups is 1. The van der Waals surface area contributed by atoms with Gasteiger partial charge in [-0.3, -0.25) is 4.99 Å². The van der Waals surface area contributed by atoms with Crippen LogP contribution < -0.4 is 5.32 Å². The van der Waals surface area contributed by atoms with Crippen LogP contribution in [0.25, 0.3) is 0 Å². The van der Waals surface area contributed by atoms with E-state index in [0.717, 1.165) is 42.2 Å². The molecule has 2 heterocycles. The van der Waals surface area contributed by atoms with Crippen LogP contribution in [0.3, 0.4) is 0 Å². The average molecular weight is 476 g/mol. The van der Waals surface area contributed by atoms with Crippen molar-refractivity contribution in [2.24, 2.45) is 16.8 Å². The Morgan fingerprint density at radius 1 is 1.50 bits per heavy atom. The maximum absolute atomic E-state index is 12.6. The summed E-state index contributed by atoms with van der Waals surface area (Å²) in [4.78, 5) is 10.0. The van der Waals surface area contributed by atoms with Crippen molar-refractivity contribution in [1.29, 1.82) is 0 Å². The predicted octanol–water partition coefficient (Wildman–Crippen LogP) is 4.22. The highest BCUT2D eigenvalue weighted by Crippen LogP contribution is 2.30. The molecule has 0 radical (unpaired) electrons. The summed E-state index contributed by atoms with van der Waals surface area (Å²) in [5.41, 5.74) is -0.826. The third kappa shape index (κ3) is 6.05. The zero-order valence-electron chi connectivity index (χ0n) is 14.1. The number of alkyl halides is 3. The van der Waals surface area contributed by atoms with E-state index in [1.54, 1.807) is 7.05 Å². The van der Waals surface area contributed by atoms with Crippen molar-refractivity contribution in [3.05, 3.63) is 16.1 Å². The van der Waals surface area contributed by atoms with E-state index in [0.29, 0.717) is 16.8 Å². The van der Waals surface area contributed by atoms with Crippen LogP contribution in [-0.2, 0) is 12.7 Å². The summed E-state index contributed by atoms with van der Waals surface area (Å²) < 4.78 is 37.7. The molecule has 1 fully saturated rings. The number of thiazole rings is 1. The summed E-state index contributed by atoms with van der Waals surface area (Å²) in [5.74, 6) is 2.07. The number of nitrogens with zero attached hydrogens (tertiary/aromatic N) is 3. The Labute approximate surface area is 162 Å². The molecule has 0 aromatic carbocycles. The number of halogens is 4. The molecule has 4 nitrogen and oxygen atoms in total. The topological polar surface area (TPSA) is 40.5 Å². The van der Waals surface area contributed by atoms with E-state index in [1.807, 2.05) is 0 Å². The van der Waals surface area contributed by atoms with Gasteiger partial charge < -0.3 is 10.2 Å². The first-order valence-corrected chi connectivity index (χ1v) is 8.64. The molecule has 1 aliphatic heterocycles. The van der Waals surface area contributed by atoms with Gasteiger partial charge in [-0.15, -0.1) is 35.3 Å². The molecule has 0 bridgehead atoms. The maximum atomic E-state index is 12.6. The lowest BCUT2D eigenvalue weighted by molar-refractivity contribution is -0.140. The van der Waals surface area contributed by atoms with Gasteiger partial charge in [-0.25, -0.2) is 4.98 Å². The van der Waals surface area contributed by atoms with Gasteiger partial charge in [-0.2, -0.15) is 13.2 Å². The molecule has 1 unspecified atom stereocenters. The molecule has 0 saturated carbocycles. The van der Waals surface area contributed by atoms with Crippen LogP contribution in [0.1, 0.15) is 37.4 Å². The highest BCUT2D eigenvalue weighted by molar-refractivity contribution is 14.0. The molecular formula is C15H24F3IN4S. The normalized spacial score (nSPS) is 18.9. The third-order valence-electron chi connectivity index (χ3n) is 3.84. The van der Waals surface area contributed by atoms with Crippen molar-refractivity contribution in [2.45, 2.75) is 39.4 Å². The van der Waals surface area contributed by atoms with Gasteiger partial charge in [0, 0.05) is 25.5 Å². The first-order chi connectivity index (χ1) is 10.8. The predicted molar refractivity (Wildman–Crippen MR) is 102 cm³/mol. The molecule has 1 aliphatic rings. The fourth-order valence-corrected chi connectivity index (χ4v) is 3.63. The fraction of sp³-hybridized carbons (Fsp3) is 0.733. The number of likely N-dealkylation sites (tertiary alicyclic amines) is 1. The molecule has 0 amide bonds. The summed E-state index contributed by atoms with van der Waals surface area (Å²) in [5, 5.41) is 4.59. The number of nitrogens with one attached hydrogen (secondary N) is 1. The monoisotopic (exact) mass is 476 g/mol. The average Bonchev–Trinajstić information content (AvgIpc) is 3.08. The second kappa shape index (κ2) is 9.21. The van der Waals surface area contributed by atoms with Crippen molar-refractivity contribution in [3.8, 4) is 0 Å². The summed E-state index contributed by atoms with van der Waals surface area (Å²) in [6, 6.07) is 0. The molecule has 9 heteroatoms. The summed E-state index contributed by atoms with van der Waals surface area (Å²) in [6.07, 6.45) is -2.06. The first-order valence-electron chi connectivity index (χ1n) is 7.76. The van der Waals surface area contributed by atoms with Crippen LogP contribution in [0.15, 0.2) is 10.4 Å². The molecule has 1 saturated heterocycles. The number of aromatic nitrogens is 1. The fourth-order valence-electron chi connectivity index (χ4n) is 2.89. The van der Waals surface area contributed by atoms with Gasteiger partial charge in [0.25, 0.3) is 0 Å². The third-order valence-corrected chi connectivity index (χ3v) is 4.69. The molecule has 24 heavy (non-hydrogen) atoms. The minimum atomic E-state index is -4.38. The Bertz CT molecular complexity index is 545. The summed E-state index contributed by atoms with van der Waals surface area (Å²) in [7, 11) is 1.70. The first kappa shape index (κ1) is 21.5. The lowest BCUT2D eigenvalue weighted by Crippen LogP contribution is -2.39. The number of guanidine groups is 1. The Morgan fingerprint density at radius 3 is 2.75 bits per heavy atom. The van der Waals surface area contributed by atoms with Crippen LogP contribution in [0, 0.1) is 11.8 Å². The van der Waals surface area contributed by atoms with Crippen LogP contribution in [-0.4, -0.2) is 36.0 Å². The summed E-state index contributed by atoms with van der Waals surface area (Å²) >= 11 is 1.01. The minimum absolute atomic E-state index is 0. The molecule has 138 valence electrons. The number of hydrogen-bond acceptors (Lipinski definition) is 3. The van der Waals surface area contributed by atoms with E-state index in [1.165, 1.54) is 6.42 Å². The Morgan fingerprint density at radius 2 is 2.21 bits per heavy atom. The Balaban J connectivity index is 0.00000288. The van der Waals surface area contributed by atoms with Crippen molar-refractivity contribution < 1.29 is 13.2 Å². The van der Waals surface area contributed by atoms with E-state index >= 15 is 0 Å². The molecule has 1 aromatic rings. The molecule has 1 N–H and O–H groups in total. The smallest absolute Gasteiger partial charge is 0.350 e. The number of hydrogen-bond donors (Lipinski definition) is 1. The molecule has 1 aromatic heterocycles. The SMILES string of the molecule is CN=C(NCc1nc(C(F)(F)F)cs1)N1CCC(CC(C)C)C1.I. The quantitative estimate of drug-likeness (QED) is 0.402. The van der Waals surface area contributed by atoms with Gasteiger partial charge in [-0.1, -0.05) is 13.8 Å².